The smallest absolute Gasteiger partial charge is 0.0463 e. The minimum Gasteiger partial charge on any atom is -0.315 e. The van der Waals surface area contributed by atoms with Gasteiger partial charge in [0.1, 0.15) is 0 Å². The summed E-state index contributed by atoms with van der Waals surface area (Å²) < 4.78 is 0. The summed E-state index contributed by atoms with van der Waals surface area (Å²) >= 11 is 6.22. The fourth-order valence-corrected chi connectivity index (χ4v) is 2.54. The van der Waals surface area contributed by atoms with E-state index in [9.17, 15) is 0 Å². The van der Waals surface area contributed by atoms with Gasteiger partial charge < -0.3 is 5.32 Å². The van der Waals surface area contributed by atoms with Crippen molar-refractivity contribution in [3.05, 3.63) is 35.9 Å². The first-order chi connectivity index (χ1) is 8.68. The molecule has 1 aromatic rings. The van der Waals surface area contributed by atoms with E-state index in [1.807, 2.05) is 0 Å². The fraction of sp³-hybridized carbons (Fsp3) is 0.625. The average molecular weight is 268 g/mol. The van der Waals surface area contributed by atoms with Gasteiger partial charge in [-0.05, 0) is 43.7 Å². The molecule has 0 saturated carbocycles. The Morgan fingerprint density at radius 3 is 2.50 bits per heavy atom. The average Bonchev–Trinajstić information content (AvgIpc) is 2.34. The van der Waals surface area contributed by atoms with Crippen molar-refractivity contribution >= 4 is 11.6 Å². The number of rotatable bonds is 9. The monoisotopic (exact) mass is 267 g/mol. The van der Waals surface area contributed by atoms with Gasteiger partial charge in [-0.25, -0.2) is 0 Å². The van der Waals surface area contributed by atoms with Crippen LogP contribution in [0.3, 0.4) is 0 Å². The zero-order valence-corrected chi connectivity index (χ0v) is 12.4. The summed E-state index contributed by atoms with van der Waals surface area (Å²) in [6.45, 7) is 6.45. The fourth-order valence-electron chi connectivity index (χ4n) is 2.08. The molecule has 0 amide bonds. The van der Waals surface area contributed by atoms with Crippen LogP contribution in [0.15, 0.2) is 30.3 Å². The molecule has 0 heterocycles. The normalized spacial score (nSPS) is 12.9. The second kappa shape index (κ2) is 9.41. The summed E-state index contributed by atoms with van der Waals surface area (Å²) in [7, 11) is 0. The van der Waals surface area contributed by atoms with Gasteiger partial charge in [0.05, 0.1) is 0 Å². The first-order valence-electron chi connectivity index (χ1n) is 7.07. The number of aryl methyl sites for hydroxylation is 1. The third kappa shape index (κ3) is 7.73. The van der Waals surface area contributed by atoms with Crippen molar-refractivity contribution in [2.75, 3.05) is 13.1 Å². The third-order valence-electron chi connectivity index (χ3n) is 3.00. The number of halogens is 1. The lowest BCUT2D eigenvalue weighted by molar-refractivity contribution is 0.526. The predicted octanol–water partition coefficient (Wildman–Crippen LogP) is 4.25. The van der Waals surface area contributed by atoms with Crippen molar-refractivity contribution in [1.82, 2.24) is 5.32 Å². The molecular weight excluding hydrogens is 242 g/mol. The van der Waals surface area contributed by atoms with Crippen LogP contribution in [0.5, 0.6) is 0 Å². The number of hydrogen-bond donors (Lipinski definition) is 1. The highest BCUT2D eigenvalue weighted by Gasteiger charge is 2.05. The Kier molecular flexibility index (Phi) is 8.11. The number of unbranched alkanes of at least 4 members (excludes halogenated alkanes) is 1. The predicted molar refractivity (Wildman–Crippen MR) is 81.3 cm³/mol. The van der Waals surface area contributed by atoms with E-state index in [4.69, 9.17) is 11.6 Å². The molecule has 1 aromatic carbocycles. The molecule has 1 N–H and O–H groups in total. The van der Waals surface area contributed by atoms with E-state index in [-0.39, 0.29) is 5.38 Å². The Morgan fingerprint density at radius 1 is 1.11 bits per heavy atom. The molecule has 1 atom stereocenters. The minimum absolute atomic E-state index is 0.277. The van der Waals surface area contributed by atoms with E-state index in [0.717, 1.165) is 19.5 Å². The summed E-state index contributed by atoms with van der Waals surface area (Å²) in [4.78, 5) is 0. The largest absolute Gasteiger partial charge is 0.315 e. The van der Waals surface area contributed by atoms with Gasteiger partial charge in [0.15, 0.2) is 0 Å². The molecule has 2 heteroatoms. The highest BCUT2D eigenvalue weighted by molar-refractivity contribution is 6.20. The number of hydrogen-bond acceptors (Lipinski definition) is 1. The molecule has 0 aliphatic rings. The molecule has 1 unspecified atom stereocenters. The lowest BCUT2D eigenvalue weighted by atomic mass is 10.1. The lowest BCUT2D eigenvalue weighted by Gasteiger charge is -2.12. The Bertz CT molecular complexity index is 297. The van der Waals surface area contributed by atoms with Crippen LogP contribution >= 0.6 is 11.6 Å². The van der Waals surface area contributed by atoms with Crippen molar-refractivity contribution in [3.63, 3.8) is 0 Å². The summed E-state index contributed by atoms with van der Waals surface area (Å²) in [6, 6.07) is 10.7. The second-order valence-electron chi connectivity index (χ2n) is 5.37. The van der Waals surface area contributed by atoms with Gasteiger partial charge >= 0.3 is 0 Å². The summed E-state index contributed by atoms with van der Waals surface area (Å²) in [5.41, 5.74) is 1.44. The molecule has 1 rings (SSSR count). The lowest BCUT2D eigenvalue weighted by Crippen LogP contribution is -2.25. The van der Waals surface area contributed by atoms with Gasteiger partial charge in [0.2, 0.25) is 0 Å². The Labute approximate surface area is 117 Å². The van der Waals surface area contributed by atoms with Crippen molar-refractivity contribution in [3.8, 4) is 0 Å². The molecule has 0 spiro atoms. The highest BCUT2D eigenvalue weighted by atomic mass is 35.5. The first-order valence-corrected chi connectivity index (χ1v) is 7.51. The standard InChI is InChI=1S/C16H26ClN/c1-14(2)12-16(17)13-18-11-7-6-10-15-8-4-3-5-9-15/h3-5,8-9,14,16,18H,6-7,10-13H2,1-2H3. The van der Waals surface area contributed by atoms with Crippen molar-refractivity contribution in [2.45, 2.75) is 44.9 Å². The molecule has 0 aliphatic carbocycles. The number of alkyl halides is 1. The van der Waals surface area contributed by atoms with Gasteiger partial charge in [-0.15, -0.1) is 11.6 Å². The molecule has 0 fully saturated rings. The third-order valence-corrected chi connectivity index (χ3v) is 3.34. The Morgan fingerprint density at radius 2 is 1.83 bits per heavy atom. The van der Waals surface area contributed by atoms with Crippen molar-refractivity contribution in [2.24, 2.45) is 5.92 Å². The summed E-state index contributed by atoms with van der Waals surface area (Å²) in [5, 5.41) is 3.72. The van der Waals surface area contributed by atoms with E-state index < -0.39 is 0 Å². The van der Waals surface area contributed by atoms with Gasteiger partial charge in [-0.3, -0.25) is 0 Å². The van der Waals surface area contributed by atoms with Gasteiger partial charge in [-0.1, -0.05) is 44.2 Å². The second-order valence-corrected chi connectivity index (χ2v) is 5.99. The number of nitrogens with one attached hydrogen (secondary N) is 1. The van der Waals surface area contributed by atoms with Crippen LogP contribution in [0.2, 0.25) is 0 Å². The van der Waals surface area contributed by atoms with Crippen LogP contribution in [0.25, 0.3) is 0 Å². The maximum atomic E-state index is 6.22. The van der Waals surface area contributed by atoms with E-state index >= 15 is 0 Å². The molecule has 0 radical (unpaired) electrons. The van der Waals surface area contributed by atoms with Crippen LogP contribution in [0, 0.1) is 5.92 Å². The quantitative estimate of drug-likeness (QED) is 0.521. The molecule has 18 heavy (non-hydrogen) atoms. The van der Waals surface area contributed by atoms with Gasteiger partial charge in [0, 0.05) is 11.9 Å². The molecule has 1 nitrogen and oxygen atoms in total. The van der Waals surface area contributed by atoms with Crippen LogP contribution in [0.1, 0.15) is 38.7 Å². The molecule has 0 saturated heterocycles. The van der Waals surface area contributed by atoms with Crippen LogP contribution < -0.4 is 5.32 Å². The molecular formula is C16H26ClN. The zero-order valence-electron chi connectivity index (χ0n) is 11.7. The van der Waals surface area contributed by atoms with Crippen LogP contribution in [-0.4, -0.2) is 18.5 Å². The SMILES string of the molecule is CC(C)CC(Cl)CNCCCCc1ccccc1. The van der Waals surface area contributed by atoms with E-state index in [2.05, 4.69) is 49.5 Å². The van der Waals surface area contributed by atoms with Gasteiger partial charge in [-0.2, -0.15) is 0 Å². The molecule has 0 bridgehead atoms. The molecule has 102 valence electrons. The Hall–Kier alpha value is -0.530. The molecule has 0 aliphatic heterocycles. The van der Waals surface area contributed by atoms with E-state index in [0.29, 0.717) is 5.92 Å². The highest BCUT2D eigenvalue weighted by Crippen LogP contribution is 2.09. The Balaban J connectivity index is 1.96. The number of benzene rings is 1. The summed E-state index contributed by atoms with van der Waals surface area (Å²) in [6.07, 6.45) is 4.74. The maximum absolute atomic E-state index is 6.22. The van der Waals surface area contributed by atoms with E-state index in [1.165, 1.54) is 24.8 Å². The zero-order chi connectivity index (χ0) is 13.2. The van der Waals surface area contributed by atoms with Crippen LogP contribution in [-0.2, 0) is 6.42 Å². The van der Waals surface area contributed by atoms with Crippen LogP contribution in [0.4, 0.5) is 0 Å². The summed E-state index contributed by atoms with van der Waals surface area (Å²) in [5.74, 6) is 0.687. The van der Waals surface area contributed by atoms with Crippen molar-refractivity contribution in [1.29, 1.82) is 0 Å². The molecule has 0 aromatic heterocycles. The first kappa shape index (κ1) is 15.5. The topological polar surface area (TPSA) is 12.0 Å². The van der Waals surface area contributed by atoms with Crippen molar-refractivity contribution < 1.29 is 0 Å². The maximum Gasteiger partial charge on any atom is 0.0463 e. The minimum atomic E-state index is 0.277. The van der Waals surface area contributed by atoms with Gasteiger partial charge in [0.25, 0.3) is 0 Å². The van der Waals surface area contributed by atoms with E-state index in [1.54, 1.807) is 0 Å².